The fraction of sp³-hybridized carbons (Fsp3) is 0.727. The molecule has 4 rings (SSSR count). The van der Waals surface area contributed by atoms with Crippen LogP contribution < -0.4 is 0 Å². The van der Waals surface area contributed by atoms with Gasteiger partial charge in [-0.3, -0.25) is 0 Å². The van der Waals surface area contributed by atoms with Gasteiger partial charge in [0.1, 0.15) is 11.0 Å². The molecule has 2 aliphatic rings. The van der Waals surface area contributed by atoms with Crippen molar-refractivity contribution in [3.05, 3.63) is 59.7 Å². The smallest absolute Gasteiger partial charge is 0.203 e. The van der Waals surface area contributed by atoms with Crippen molar-refractivity contribution in [2.24, 2.45) is 21.7 Å². The summed E-state index contributed by atoms with van der Waals surface area (Å²) in [6.45, 7) is 50.2. The molecule has 4 heteroatoms. The lowest BCUT2D eigenvalue weighted by Crippen LogP contribution is -2.57. The Morgan fingerprint density at radius 1 is 0.521 bits per heavy atom. The monoisotopic (exact) mass is 705 g/mol. The standard InChI is InChI=1S/C19H30O2S.C19H31S.3C2H6/c1-9-19(8)14-12-10-11-13-15(14)22(21-20)18(6,7)16(2,3)17(19,4)5;1-16(2)14-12-10-11-13-15(14)20(9)19(7,8)18(5,6)17(16,3)4;3*1-2/h10-13H,9H2,1-8H3;10-13H,1-9H3;3*1-2H3/q;+1;;;/p+1. The van der Waals surface area contributed by atoms with E-state index >= 15 is 0 Å². The molecule has 1 N–H and O–H groups in total. The van der Waals surface area contributed by atoms with Gasteiger partial charge in [0, 0.05) is 43.7 Å². The SMILES string of the molecule is CC.CC.CC.CCC1(C)c2ccccc2[S+](OO)C(C)(C)C(C)(C)C1(C)C.C[S+]1c2ccccc2C(C)(C)C(C)(C)C(C)(C)C1(C)C. The number of fused-ring (bicyclic) bond motifs is 2. The second-order valence-corrected chi connectivity index (χ2v) is 21.3. The average molecular weight is 705 g/mol. The summed E-state index contributed by atoms with van der Waals surface area (Å²) < 4.78 is 5.20. The third-order valence-electron chi connectivity index (χ3n) is 14.7. The second-order valence-electron chi connectivity index (χ2n) is 16.7. The number of rotatable bonds is 2. The van der Waals surface area contributed by atoms with Crippen LogP contribution in [0.15, 0.2) is 58.3 Å². The summed E-state index contributed by atoms with van der Waals surface area (Å²) in [5.74, 6) is 0. The molecule has 0 aliphatic carbocycles. The molecule has 0 aromatic heterocycles. The molecular formula is C44H80O2S2+2. The lowest BCUT2D eigenvalue weighted by atomic mass is 9.48. The van der Waals surface area contributed by atoms with E-state index in [4.69, 9.17) is 4.33 Å². The Bertz CT molecular complexity index is 1280. The van der Waals surface area contributed by atoms with Crippen LogP contribution in [0.3, 0.4) is 0 Å². The molecule has 3 atom stereocenters. The van der Waals surface area contributed by atoms with Gasteiger partial charge in [0.05, 0.1) is 0 Å². The Hall–Kier alpha value is -0.940. The van der Waals surface area contributed by atoms with Gasteiger partial charge in [0.15, 0.2) is 14.5 Å². The minimum Gasteiger partial charge on any atom is -0.203 e. The van der Waals surface area contributed by atoms with E-state index in [-0.39, 0.29) is 52.9 Å². The molecule has 3 unspecified atom stereocenters. The first kappa shape index (κ1) is 47.1. The Kier molecular flexibility index (Phi) is 16.3. The van der Waals surface area contributed by atoms with Gasteiger partial charge in [-0.1, -0.05) is 161 Å². The van der Waals surface area contributed by atoms with Crippen molar-refractivity contribution in [3.63, 3.8) is 0 Å². The average Bonchev–Trinajstić information content (AvgIpc) is 3.10. The van der Waals surface area contributed by atoms with E-state index in [1.165, 1.54) is 5.56 Å². The summed E-state index contributed by atoms with van der Waals surface area (Å²) >= 11 is -0.663. The van der Waals surface area contributed by atoms with Gasteiger partial charge in [-0.25, -0.2) is 5.26 Å². The first-order valence-corrected chi connectivity index (χ1v) is 21.6. The topological polar surface area (TPSA) is 29.5 Å². The predicted octanol–water partition coefficient (Wildman–Crippen LogP) is 14.1. The summed E-state index contributed by atoms with van der Waals surface area (Å²) in [7, 11) is 0.245. The quantitative estimate of drug-likeness (QED) is 0.192. The minimum atomic E-state index is -0.663. The zero-order valence-electron chi connectivity index (χ0n) is 36.0. The van der Waals surface area contributed by atoms with Crippen LogP contribution in [0.25, 0.3) is 0 Å². The third kappa shape index (κ3) is 6.97. The molecule has 0 fully saturated rings. The molecule has 2 aromatic rings. The maximum atomic E-state index is 9.76. The molecule has 0 saturated carbocycles. The number of hydrogen-bond acceptors (Lipinski definition) is 2. The van der Waals surface area contributed by atoms with Crippen molar-refractivity contribution in [2.75, 3.05) is 6.26 Å². The van der Waals surface area contributed by atoms with E-state index in [1.807, 2.05) is 41.5 Å². The van der Waals surface area contributed by atoms with Gasteiger partial charge in [-0.05, 0) is 61.4 Å². The van der Waals surface area contributed by atoms with Crippen LogP contribution in [0.4, 0.5) is 0 Å². The fourth-order valence-corrected chi connectivity index (χ4v) is 12.7. The Morgan fingerprint density at radius 2 is 0.896 bits per heavy atom. The van der Waals surface area contributed by atoms with E-state index < -0.39 is 11.2 Å². The summed E-state index contributed by atoms with van der Waals surface area (Å²) in [6, 6.07) is 17.6. The van der Waals surface area contributed by atoms with Gasteiger partial charge in [-0.15, -0.1) is 0 Å². The van der Waals surface area contributed by atoms with Crippen molar-refractivity contribution in [2.45, 2.75) is 189 Å². The Balaban J connectivity index is 0.000000799. The number of hydrogen-bond donors (Lipinski definition) is 1. The van der Waals surface area contributed by atoms with Crippen LogP contribution in [0.2, 0.25) is 0 Å². The van der Waals surface area contributed by atoms with Gasteiger partial charge < -0.3 is 0 Å². The molecule has 2 aliphatic heterocycles. The van der Waals surface area contributed by atoms with E-state index in [2.05, 4.69) is 166 Å². The van der Waals surface area contributed by atoms with Gasteiger partial charge >= 0.3 is 0 Å². The molecule has 278 valence electrons. The normalized spacial score (nSPS) is 27.3. The molecule has 0 amide bonds. The van der Waals surface area contributed by atoms with Crippen molar-refractivity contribution in [1.82, 2.24) is 0 Å². The highest BCUT2D eigenvalue weighted by Gasteiger charge is 2.68. The zero-order valence-corrected chi connectivity index (χ0v) is 37.6. The molecule has 0 saturated heterocycles. The maximum absolute atomic E-state index is 9.76. The molecule has 0 spiro atoms. The lowest BCUT2D eigenvalue weighted by Gasteiger charge is -2.54. The van der Waals surface area contributed by atoms with Crippen LogP contribution in [-0.2, 0) is 37.2 Å². The van der Waals surface area contributed by atoms with Crippen LogP contribution in [0.5, 0.6) is 0 Å². The summed E-state index contributed by atoms with van der Waals surface area (Å²) in [4.78, 5) is 2.72. The molecule has 0 radical (unpaired) electrons. The summed E-state index contributed by atoms with van der Waals surface area (Å²) in [5.41, 5.74) is 3.53. The predicted molar refractivity (Wildman–Crippen MR) is 222 cm³/mol. The highest BCUT2D eigenvalue weighted by Crippen LogP contribution is 2.65. The third-order valence-corrected chi connectivity index (χ3v) is 20.1. The molecule has 2 aromatic carbocycles. The molecule has 2 nitrogen and oxygen atoms in total. The highest BCUT2D eigenvalue weighted by molar-refractivity contribution is 7.97. The highest BCUT2D eigenvalue weighted by atomic mass is 32.2. The fourth-order valence-electron chi connectivity index (χ4n) is 7.91. The van der Waals surface area contributed by atoms with Crippen LogP contribution in [-0.4, -0.2) is 21.0 Å². The Morgan fingerprint density at radius 3 is 1.31 bits per heavy atom. The van der Waals surface area contributed by atoms with Crippen LogP contribution >= 0.6 is 0 Å². The van der Waals surface area contributed by atoms with Crippen molar-refractivity contribution >= 4 is 22.1 Å². The van der Waals surface area contributed by atoms with Crippen molar-refractivity contribution < 1.29 is 9.59 Å². The molecule has 48 heavy (non-hydrogen) atoms. The van der Waals surface area contributed by atoms with E-state index in [1.54, 1.807) is 10.5 Å². The summed E-state index contributed by atoms with van der Waals surface area (Å²) in [5, 5.41) is 9.76. The summed E-state index contributed by atoms with van der Waals surface area (Å²) in [6.07, 6.45) is 3.50. The van der Waals surface area contributed by atoms with Gasteiger partial charge in [0.2, 0.25) is 11.2 Å². The zero-order chi connectivity index (χ0) is 38.5. The molecular weight excluding hydrogens is 625 g/mol. The lowest BCUT2D eigenvalue weighted by molar-refractivity contribution is -0.127. The minimum absolute atomic E-state index is 0.0185. The molecule has 0 bridgehead atoms. The van der Waals surface area contributed by atoms with Crippen LogP contribution in [0.1, 0.15) is 170 Å². The molecule has 2 heterocycles. The van der Waals surface area contributed by atoms with Crippen molar-refractivity contribution in [3.8, 4) is 0 Å². The first-order chi connectivity index (χ1) is 21.9. The van der Waals surface area contributed by atoms with E-state index in [0.29, 0.717) is 0 Å². The van der Waals surface area contributed by atoms with E-state index in [9.17, 15) is 5.26 Å². The van der Waals surface area contributed by atoms with Crippen molar-refractivity contribution in [1.29, 1.82) is 0 Å². The Labute approximate surface area is 306 Å². The second kappa shape index (κ2) is 16.6. The van der Waals surface area contributed by atoms with Crippen LogP contribution in [0, 0.1) is 21.7 Å². The van der Waals surface area contributed by atoms with Gasteiger partial charge in [0.25, 0.3) is 0 Å². The largest absolute Gasteiger partial charge is 0.230 e. The maximum Gasteiger partial charge on any atom is 0.230 e. The number of benzene rings is 2. The first-order valence-electron chi connectivity index (χ1n) is 18.8. The van der Waals surface area contributed by atoms with E-state index in [0.717, 1.165) is 11.3 Å². The van der Waals surface area contributed by atoms with Gasteiger partial charge in [-0.2, -0.15) is 0 Å².